The molecule has 0 spiro atoms. The van der Waals surface area contributed by atoms with E-state index in [0.29, 0.717) is 19.0 Å². The first-order valence-electron chi connectivity index (χ1n) is 7.81. The van der Waals surface area contributed by atoms with Gasteiger partial charge in [-0.05, 0) is 32.9 Å². The first-order chi connectivity index (χ1) is 11.6. The van der Waals surface area contributed by atoms with E-state index in [4.69, 9.17) is 9.47 Å². The Labute approximate surface area is 140 Å². The Balaban J connectivity index is 1.78. The molecule has 0 aromatic carbocycles. The van der Waals surface area contributed by atoms with Gasteiger partial charge >= 0.3 is 0 Å². The predicted molar refractivity (Wildman–Crippen MR) is 87.3 cm³/mol. The average Bonchev–Trinajstić information content (AvgIpc) is 2.97. The standard InChI is InChI=1S/C17H20N4O3/c1-11(20-17(22)16-13(3)23-8-9-24-16)14-10-19-21(12(14)2)15-6-4-5-7-18-15/h4-7,10-11H,8-9H2,1-3H3,(H,20,22)/t11-/m0/s1. The lowest BCUT2D eigenvalue weighted by Gasteiger charge is -2.21. The highest BCUT2D eigenvalue weighted by Gasteiger charge is 2.23. The highest BCUT2D eigenvalue weighted by atomic mass is 16.6. The molecule has 0 bridgehead atoms. The van der Waals surface area contributed by atoms with Crippen molar-refractivity contribution in [3.05, 3.63) is 53.4 Å². The minimum Gasteiger partial charge on any atom is -0.491 e. The fourth-order valence-electron chi connectivity index (χ4n) is 2.63. The zero-order valence-electron chi connectivity index (χ0n) is 13.9. The Kier molecular flexibility index (Phi) is 4.50. The summed E-state index contributed by atoms with van der Waals surface area (Å²) in [6.07, 6.45) is 3.46. The zero-order valence-corrected chi connectivity index (χ0v) is 13.9. The van der Waals surface area contributed by atoms with E-state index in [-0.39, 0.29) is 17.7 Å². The molecule has 7 nitrogen and oxygen atoms in total. The third-order valence-electron chi connectivity index (χ3n) is 3.90. The van der Waals surface area contributed by atoms with Gasteiger partial charge in [-0.1, -0.05) is 6.07 Å². The van der Waals surface area contributed by atoms with Crippen molar-refractivity contribution in [3.8, 4) is 5.82 Å². The van der Waals surface area contributed by atoms with Crippen LogP contribution in [0, 0.1) is 6.92 Å². The molecule has 7 heteroatoms. The summed E-state index contributed by atoms with van der Waals surface area (Å²) >= 11 is 0. The number of ether oxygens (including phenoxy) is 2. The molecular formula is C17H20N4O3. The number of carbonyl (C=O) groups is 1. The number of pyridine rings is 1. The molecule has 2 aromatic heterocycles. The molecule has 3 rings (SSSR count). The van der Waals surface area contributed by atoms with Crippen LogP contribution in [0.4, 0.5) is 0 Å². The minimum atomic E-state index is -0.287. The highest BCUT2D eigenvalue weighted by molar-refractivity contribution is 5.92. The van der Waals surface area contributed by atoms with Crippen LogP contribution < -0.4 is 5.32 Å². The van der Waals surface area contributed by atoms with E-state index in [9.17, 15) is 4.79 Å². The number of hydrogen-bond donors (Lipinski definition) is 1. The summed E-state index contributed by atoms with van der Waals surface area (Å²) in [6.45, 7) is 6.43. The van der Waals surface area contributed by atoms with E-state index in [2.05, 4.69) is 15.4 Å². The number of rotatable bonds is 4. The predicted octanol–water partition coefficient (Wildman–Crippen LogP) is 2.03. The summed E-state index contributed by atoms with van der Waals surface area (Å²) in [6, 6.07) is 5.42. The molecule has 1 atom stereocenters. The van der Waals surface area contributed by atoms with Crippen LogP contribution >= 0.6 is 0 Å². The van der Waals surface area contributed by atoms with Crippen LogP contribution in [0.15, 0.2) is 42.1 Å². The molecule has 0 unspecified atom stereocenters. The lowest BCUT2D eigenvalue weighted by molar-refractivity contribution is -0.123. The second-order valence-electron chi connectivity index (χ2n) is 5.56. The molecule has 0 aliphatic carbocycles. The van der Waals surface area contributed by atoms with Gasteiger partial charge in [-0.25, -0.2) is 9.67 Å². The van der Waals surface area contributed by atoms with Gasteiger partial charge in [0, 0.05) is 17.5 Å². The number of nitrogens with zero attached hydrogens (tertiary/aromatic N) is 3. The van der Waals surface area contributed by atoms with E-state index < -0.39 is 0 Å². The van der Waals surface area contributed by atoms with Crippen molar-refractivity contribution in [2.24, 2.45) is 0 Å². The third-order valence-corrected chi connectivity index (χ3v) is 3.90. The van der Waals surface area contributed by atoms with Crippen molar-refractivity contribution in [3.63, 3.8) is 0 Å². The topological polar surface area (TPSA) is 78.3 Å². The Morgan fingerprint density at radius 2 is 2.08 bits per heavy atom. The van der Waals surface area contributed by atoms with Crippen LogP contribution in [0.5, 0.6) is 0 Å². The lowest BCUT2D eigenvalue weighted by atomic mass is 10.1. The van der Waals surface area contributed by atoms with Gasteiger partial charge in [-0.15, -0.1) is 0 Å². The third kappa shape index (κ3) is 3.10. The number of aromatic nitrogens is 3. The van der Waals surface area contributed by atoms with E-state index in [0.717, 1.165) is 17.1 Å². The fourth-order valence-corrected chi connectivity index (χ4v) is 2.63. The summed E-state index contributed by atoms with van der Waals surface area (Å²) in [7, 11) is 0. The van der Waals surface area contributed by atoms with E-state index in [1.165, 1.54) is 0 Å². The zero-order chi connectivity index (χ0) is 17.1. The second kappa shape index (κ2) is 6.74. The van der Waals surface area contributed by atoms with Crippen LogP contribution in [0.3, 0.4) is 0 Å². The minimum absolute atomic E-state index is 0.221. The molecule has 0 radical (unpaired) electrons. The SMILES string of the molecule is CC1=C(C(=O)N[C@@H](C)c2cnn(-c3ccccn3)c2C)OCCO1. The first kappa shape index (κ1) is 16.0. The van der Waals surface area contributed by atoms with Gasteiger partial charge in [-0.2, -0.15) is 5.10 Å². The van der Waals surface area contributed by atoms with Crippen LogP contribution in [0.2, 0.25) is 0 Å². The number of amides is 1. The Bertz CT molecular complexity index is 767. The quantitative estimate of drug-likeness (QED) is 0.929. The van der Waals surface area contributed by atoms with Crippen molar-refractivity contribution in [1.82, 2.24) is 20.1 Å². The molecule has 2 aromatic rings. The molecule has 1 aliphatic rings. The lowest BCUT2D eigenvalue weighted by Crippen LogP contribution is -2.32. The number of carbonyl (C=O) groups excluding carboxylic acids is 1. The van der Waals surface area contributed by atoms with Gasteiger partial charge in [0.15, 0.2) is 5.82 Å². The van der Waals surface area contributed by atoms with E-state index in [1.54, 1.807) is 24.0 Å². The summed E-state index contributed by atoms with van der Waals surface area (Å²) in [5.41, 5.74) is 1.84. The van der Waals surface area contributed by atoms with Crippen LogP contribution in [-0.2, 0) is 14.3 Å². The maximum atomic E-state index is 12.4. The molecule has 1 amide bonds. The molecule has 126 valence electrons. The molecule has 3 heterocycles. The molecular weight excluding hydrogens is 308 g/mol. The van der Waals surface area contributed by atoms with Crippen molar-refractivity contribution in [1.29, 1.82) is 0 Å². The normalized spacial score (nSPS) is 15.5. The highest BCUT2D eigenvalue weighted by Crippen LogP contribution is 2.21. The van der Waals surface area contributed by atoms with Gasteiger partial charge < -0.3 is 14.8 Å². The van der Waals surface area contributed by atoms with Crippen LogP contribution in [-0.4, -0.2) is 33.9 Å². The summed E-state index contributed by atoms with van der Waals surface area (Å²) in [4.78, 5) is 16.7. The summed E-state index contributed by atoms with van der Waals surface area (Å²) in [5, 5.41) is 7.30. The molecule has 1 N–H and O–H groups in total. The smallest absolute Gasteiger partial charge is 0.290 e. The number of hydrogen-bond acceptors (Lipinski definition) is 5. The Morgan fingerprint density at radius 1 is 1.29 bits per heavy atom. The maximum absolute atomic E-state index is 12.4. The molecule has 0 saturated heterocycles. The summed E-state index contributed by atoms with van der Waals surface area (Å²) < 4.78 is 12.5. The largest absolute Gasteiger partial charge is 0.491 e. The van der Waals surface area contributed by atoms with Gasteiger partial charge in [0.1, 0.15) is 19.0 Å². The number of nitrogens with one attached hydrogen (secondary N) is 1. The van der Waals surface area contributed by atoms with Crippen LogP contribution in [0.25, 0.3) is 5.82 Å². The van der Waals surface area contributed by atoms with Crippen molar-refractivity contribution in [2.75, 3.05) is 13.2 Å². The van der Waals surface area contributed by atoms with Gasteiger partial charge in [-0.3, -0.25) is 4.79 Å². The van der Waals surface area contributed by atoms with Crippen molar-refractivity contribution in [2.45, 2.75) is 26.8 Å². The monoisotopic (exact) mass is 328 g/mol. The Morgan fingerprint density at radius 3 is 2.79 bits per heavy atom. The molecule has 0 fully saturated rings. The number of allylic oxidation sites excluding steroid dienone is 1. The van der Waals surface area contributed by atoms with E-state index in [1.807, 2.05) is 32.0 Å². The molecule has 0 saturated carbocycles. The second-order valence-corrected chi connectivity index (χ2v) is 5.56. The van der Waals surface area contributed by atoms with Gasteiger partial charge in [0.2, 0.25) is 5.76 Å². The van der Waals surface area contributed by atoms with Crippen LogP contribution in [0.1, 0.15) is 31.1 Å². The Hall–Kier alpha value is -2.83. The van der Waals surface area contributed by atoms with E-state index >= 15 is 0 Å². The molecule has 1 aliphatic heterocycles. The maximum Gasteiger partial charge on any atom is 0.290 e. The first-order valence-corrected chi connectivity index (χ1v) is 7.81. The fraction of sp³-hybridized carbons (Fsp3) is 0.353. The van der Waals surface area contributed by atoms with Crippen molar-refractivity contribution < 1.29 is 14.3 Å². The summed E-state index contributed by atoms with van der Waals surface area (Å²) in [5.74, 6) is 1.20. The van der Waals surface area contributed by atoms with Crippen molar-refractivity contribution >= 4 is 5.91 Å². The average molecular weight is 328 g/mol. The van der Waals surface area contributed by atoms with Gasteiger partial charge in [0.05, 0.1) is 12.2 Å². The van der Waals surface area contributed by atoms with Gasteiger partial charge in [0.25, 0.3) is 5.91 Å². The molecule has 24 heavy (non-hydrogen) atoms.